The van der Waals surface area contributed by atoms with E-state index in [0.717, 1.165) is 6.42 Å². The number of rotatable bonds is 6. The van der Waals surface area contributed by atoms with Crippen molar-refractivity contribution in [1.29, 1.82) is 0 Å². The normalized spacial score (nSPS) is 20.7. The number of carbonyl (C=O) groups excluding carboxylic acids is 1. The van der Waals surface area contributed by atoms with Crippen LogP contribution in [0.15, 0.2) is 18.2 Å². The van der Waals surface area contributed by atoms with Gasteiger partial charge in [-0.2, -0.15) is 0 Å². The van der Waals surface area contributed by atoms with Crippen LogP contribution in [0.3, 0.4) is 0 Å². The molecule has 0 radical (unpaired) electrons. The van der Waals surface area contributed by atoms with Gasteiger partial charge >= 0.3 is 0 Å². The van der Waals surface area contributed by atoms with E-state index in [1.165, 1.54) is 7.11 Å². The van der Waals surface area contributed by atoms with Crippen molar-refractivity contribution in [1.82, 2.24) is 0 Å². The average Bonchev–Trinajstić information content (AvgIpc) is 3.17. The van der Waals surface area contributed by atoms with Crippen molar-refractivity contribution in [2.75, 3.05) is 22.9 Å². The molecule has 1 aliphatic carbocycles. The lowest BCUT2D eigenvalue weighted by Gasteiger charge is -2.13. The van der Waals surface area contributed by atoms with Crippen LogP contribution >= 0.6 is 0 Å². The zero-order valence-electron chi connectivity index (χ0n) is 12.3. The monoisotopic (exact) mass is 312 g/mol. The molecular weight excluding hydrogens is 292 g/mol. The second-order valence-electron chi connectivity index (χ2n) is 5.23. The quantitative estimate of drug-likeness (QED) is 0.842. The molecule has 0 bridgehead atoms. The van der Waals surface area contributed by atoms with E-state index in [2.05, 4.69) is 10.0 Å². The molecule has 1 aromatic carbocycles. The third-order valence-corrected chi connectivity index (χ3v) is 4.85. The van der Waals surface area contributed by atoms with Crippen molar-refractivity contribution in [2.24, 2.45) is 11.8 Å². The molecule has 2 N–H and O–H groups in total. The summed E-state index contributed by atoms with van der Waals surface area (Å²) in [5.41, 5.74) is 0.951. The highest BCUT2D eigenvalue weighted by Crippen LogP contribution is 2.39. The van der Waals surface area contributed by atoms with Crippen molar-refractivity contribution in [2.45, 2.75) is 20.3 Å². The molecule has 1 aromatic rings. The first-order chi connectivity index (χ1) is 9.86. The predicted octanol–water partition coefficient (Wildman–Crippen LogP) is 2.05. The van der Waals surface area contributed by atoms with Crippen LogP contribution in [-0.4, -0.2) is 27.2 Å². The number of carbonyl (C=O) groups is 1. The molecule has 0 aromatic heterocycles. The molecule has 0 spiro atoms. The lowest BCUT2D eigenvalue weighted by Crippen LogP contribution is -2.16. The summed E-state index contributed by atoms with van der Waals surface area (Å²) in [5.74, 6) is 0.853. The van der Waals surface area contributed by atoms with Gasteiger partial charge in [0.1, 0.15) is 5.75 Å². The number of methoxy groups -OCH3 is 1. The van der Waals surface area contributed by atoms with Gasteiger partial charge in [-0.05, 0) is 31.4 Å². The van der Waals surface area contributed by atoms with Gasteiger partial charge in [-0.25, -0.2) is 8.42 Å². The molecule has 2 rings (SSSR count). The van der Waals surface area contributed by atoms with Crippen LogP contribution in [0.4, 0.5) is 11.4 Å². The van der Waals surface area contributed by atoms with E-state index in [4.69, 9.17) is 4.74 Å². The van der Waals surface area contributed by atoms with E-state index in [1.807, 2.05) is 6.92 Å². The van der Waals surface area contributed by atoms with Gasteiger partial charge in [-0.1, -0.05) is 6.92 Å². The molecule has 1 fully saturated rings. The third-order valence-electron chi connectivity index (χ3n) is 3.56. The number of sulfonamides is 1. The number of anilines is 2. The highest BCUT2D eigenvalue weighted by molar-refractivity contribution is 7.92. The number of nitrogens with one attached hydrogen (secondary N) is 2. The fourth-order valence-corrected chi connectivity index (χ4v) is 2.66. The smallest absolute Gasteiger partial charge is 0.232 e. The molecule has 0 saturated heterocycles. The SMILES string of the molecule is CCS(=O)(=O)Nc1ccc(NC(=O)[C@@H]2C[C@@H]2C)cc1OC. The van der Waals surface area contributed by atoms with Gasteiger partial charge in [-0.3, -0.25) is 9.52 Å². The first-order valence-corrected chi connectivity index (χ1v) is 8.51. The highest BCUT2D eigenvalue weighted by Gasteiger charge is 2.39. The molecule has 0 aliphatic heterocycles. The van der Waals surface area contributed by atoms with Crippen LogP contribution in [0.1, 0.15) is 20.3 Å². The lowest BCUT2D eigenvalue weighted by atomic mass is 10.2. The summed E-state index contributed by atoms with van der Waals surface area (Å²) in [6.45, 7) is 3.59. The standard InChI is InChI=1S/C14H20N2O4S/c1-4-21(18,19)16-12-6-5-10(8-13(12)20-3)15-14(17)11-7-9(11)2/h5-6,8-9,11,16H,4,7H2,1-3H3,(H,15,17)/t9-,11+/m0/s1. The maximum atomic E-state index is 11.9. The minimum Gasteiger partial charge on any atom is -0.494 e. The summed E-state index contributed by atoms with van der Waals surface area (Å²) in [7, 11) is -1.92. The Bertz CT molecular complexity index is 642. The molecular formula is C14H20N2O4S. The van der Waals surface area contributed by atoms with Crippen molar-refractivity contribution >= 4 is 27.3 Å². The Balaban J connectivity index is 2.14. The first kappa shape index (κ1) is 15.6. The molecule has 1 saturated carbocycles. The van der Waals surface area contributed by atoms with E-state index in [9.17, 15) is 13.2 Å². The third kappa shape index (κ3) is 3.87. The highest BCUT2D eigenvalue weighted by atomic mass is 32.2. The van der Waals surface area contributed by atoms with Crippen LogP contribution < -0.4 is 14.8 Å². The van der Waals surface area contributed by atoms with Crippen molar-refractivity contribution < 1.29 is 17.9 Å². The summed E-state index contributed by atoms with van der Waals surface area (Å²) in [4.78, 5) is 11.9. The van der Waals surface area contributed by atoms with Gasteiger partial charge in [0, 0.05) is 17.7 Å². The Labute approximate surface area is 124 Å². The van der Waals surface area contributed by atoms with Crippen molar-refractivity contribution in [3.05, 3.63) is 18.2 Å². The summed E-state index contributed by atoms with van der Waals surface area (Å²) in [5, 5.41) is 2.82. The molecule has 7 heteroatoms. The largest absolute Gasteiger partial charge is 0.494 e. The second kappa shape index (κ2) is 5.93. The molecule has 0 unspecified atom stereocenters. The summed E-state index contributed by atoms with van der Waals surface area (Å²) < 4.78 is 30.8. The topological polar surface area (TPSA) is 84.5 Å². The van der Waals surface area contributed by atoms with Crippen LogP contribution in [0, 0.1) is 11.8 Å². The number of benzene rings is 1. The summed E-state index contributed by atoms with van der Waals surface area (Å²) >= 11 is 0. The van der Waals surface area contributed by atoms with Crippen LogP contribution in [0.5, 0.6) is 5.75 Å². The maximum absolute atomic E-state index is 11.9. The van der Waals surface area contributed by atoms with E-state index in [1.54, 1.807) is 25.1 Å². The van der Waals surface area contributed by atoms with Gasteiger partial charge in [0.25, 0.3) is 0 Å². The number of amides is 1. The van der Waals surface area contributed by atoms with Crippen LogP contribution in [0.25, 0.3) is 0 Å². The van der Waals surface area contributed by atoms with Crippen LogP contribution in [0.2, 0.25) is 0 Å². The van der Waals surface area contributed by atoms with E-state index in [0.29, 0.717) is 23.0 Å². The average molecular weight is 312 g/mol. The Morgan fingerprint density at radius 2 is 2.10 bits per heavy atom. The molecule has 1 amide bonds. The fraction of sp³-hybridized carbons (Fsp3) is 0.500. The molecule has 21 heavy (non-hydrogen) atoms. The minimum atomic E-state index is -3.37. The fourth-order valence-electron chi connectivity index (χ4n) is 2.02. The summed E-state index contributed by atoms with van der Waals surface area (Å²) in [6, 6.07) is 4.84. The van der Waals surface area contributed by atoms with Crippen molar-refractivity contribution in [3.8, 4) is 5.75 Å². The van der Waals surface area contributed by atoms with Gasteiger partial charge in [0.15, 0.2) is 0 Å². The number of hydrogen-bond donors (Lipinski definition) is 2. The van der Waals surface area contributed by atoms with Gasteiger partial charge < -0.3 is 10.1 Å². The van der Waals surface area contributed by atoms with Crippen molar-refractivity contribution in [3.63, 3.8) is 0 Å². The van der Waals surface area contributed by atoms with E-state index < -0.39 is 10.0 Å². The van der Waals surface area contributed by atoms with E-state index in [-0.39, 0.29) is 17.6 Å². The second-order valence-corrected chi connectivity index (χ2v) is 7.24. The van der Waals surface area contributed by atoms with Gasteiger partial charge in [0.2, 0.25) is 15.9 Å². The Hall–Kier alpha value is -1.76. The maximum Gasteiger partial charge on any atom is 0.232 e. The summed E-state index contributed by atoms with van der Waals surface area (Å²) in [6.07, 6.45) is 0.914. The zero-order chi connectivity index (χ0) is 15.6. The predicted molar refractivity (Wildman–Crippen MR) is 82.0 cm³/mol. The van der Waals surface area contributed by atoms with Gasteiger partial charge in [-0.15, -0.1) is 0 Å². The Morgan fingerprint density at radius 3 is 2.62 bits per heavy atom. The number of hydrogen-bond acceptors (Lipinski definition) is 4. The van der Waals surface area contributed by atoms with Crippen LogP contribution in [-0.2, 0) is 14.8 Å². The number of ether oxygens (including phenoxy) is 1. The molecule has 6 nitrogen and oxygen atoms in total. The Kier molecular flexibility index (Phi) is 4.41. The molecule has 116 valence electrons. The molecule has 1 aliphatic rings. The van der Waals surface area contributed by atoms with E-state index >= 15 is 0 Å². The molecule has 0 heterocycles. The Morgan fingerprint density at radius 1 is 1.43 bits per heavy atom. The first-order valence-electron chi connectivity index (χ1n) is 6.85. The molecule has 2 atom stereocenters. The van der Waals surface area contributed by atoms with Gasteiger partial charge in [0.05, 0.1) is 18.6 Å². The minimum absolute atomic E-state index is 0.00792. The zero-order valence-corrected chi connectivity index (χ0v) is 13.2. The lowest BCUT2D eigenvalue weighted by molar-refractivity contribution is -0.117.